The lowest BCUT2D eigenvalue weighted by atomic mass is 10.1. The van der Waals surface area contributed by atoms with Crippen LogP contribution in [0.25, 0.3) is 0 Å². The average molecular weight is 258 g/mol. The molecule has 1 atom stereocenters. The van der Waals surface area contributed by atoms with Crippen LogP contribution in [-0.2, 0) is 0 Å². The van der Waals surface area contributed by atoms with Gasteiger partial charge in [-0.3, -0.25) is 0 Å². The Morgan fingerprint density at radius 3 is 2.47 bits per heavy atom. The highest BCUT2D eigenvalue weighted by Gasteiger charge is 2.10. The summed E-state index contributed by atoms with van der Waals surface area (Å²) in [4.78, 5) is 14.5. The summed E-state index contributed by atoms with van der Waals surface area (Å²) in [5.41, 5.74) is 1.60. The van der Waals surface area contributed by atoms with Crippen molar-refractivity contribution in [3.05, 3.63) is 59.9 Å². The van der Waals surface area contributed by atoms with E-state index in [2.05, 4.69) is 10.3 Å². The molecule has 1 aromatic heterocycles. The van der Waals surface area contributed by atoms with Crippen LogP contribution in [-0.4, -0.2) is 27.8 Å². The van der Waals surface area contributed by atoms with Gasteiger partial charge in [-0.15, -0.1) is 0 Å². The van der Waals surface area contributed by atoms with Crippen molar-refractivity contribution in [2.75, 3.05) is 11.9 Å². The molecule has 5 heteroatoms. The van der Waals surface area contributed by atoms with E-state index < -0.39 is 5.97 Å². The third kappa shape index (κ3) is 3.29. The van der Waals surface area contributed by atoms with E-state index in [1.807, 2.05) is 30.3 Å². The lowest BCUT2D eigenvalue weighted by molar-refractivity contribution is 0.0690. The van der Waals surface area contributed by atoms with Gasteiger partial charge < -0.3 is 15.5 Å². The molecular formula is C14H14N2O3. The second-order valence-corrected chi connectivity index (χ2v) is 4.03. The summed E-state index contributed by atoms with van der Waals surface area (Å²) in [6, 6.07) is 12.3. The first-order valence-electron chi connectivity index (χ1n) is 5.82. The molecule has 0 aliphatic carbocycles. The molecular weight excluding hydrogens is 244 g/mol. The van der Waals surface area contributed by atoms with Crippen molar-refractivity contribution >= 4 is 11.7 Å². The van der Waals surface area contributed by atoms with Crippen LogP contribution in [0.4, 0.5) is 5.69 Å². The highest BCUT2D eigenvalue weighted by atomic mass is 16.4. The molecule has 1 aromatic carbocycles. The van der Waals surface area contributed by atoms with Gasteiger partial charge in [-0.2, -0.15) is 0 Å². The molecule has 1 heterocycles. The Labute approximate surface area is 110 Å². The SMILES string of the molecule is O=C(O)c1ccc(NC(CO)c2ccccc2)cn1. The van der Waals surface area contributed by atoms with E-state index in [1.165, 1.54) is 12.3 Å². The topological polar surface area (TPSA) is 82.5 Å². The molecule has 2 rings (SSSR count). The first-order valence-corrected chi connectivity index (χ1v) is 5.82. The van der Waals surface area contributed by atoms with Crippen molar-refractivity contribution in [3.8, 4) is 0 Å². The van der Waals surface area contributed by atoms with Gasteiger partial charge in [0.1, 0.15) is 5.69 Å². The standard InChI is InChI=1S/C14H14N2O3/c17-9-13(10-4-2-1-3-5-10)16-11-6-7-12(14(18)19)15-8-11/h1-8,13,16-17H,9H2,(H,18,19). The molecule has 0 radical (unpaired) electrons. The van der Waals surface area contributed by atoms with Crippen LogP contribution in [0.15, 0.2) is 48.7 Å². The number of hydrogen-bond acceptors (Lipinski definition) is 4. The maximum atomic E-state index is 10.7. The number of aromatic carboxylic acids is 1. The lowest BCUT2D eigenvalue weighted by Gasteiger charge is -2.17. The van der Waals surface area contributed by atoms with Gasteiger partial charge in [-0.05, 0) is 17.7 Å². The molecule has 0 fully saturated rings. The van der Waals surface area contributed by atoms with Crippen LogP contribution in [0.1, 0.15) is 22.1 Å². The number of nitrogens with one attached hydrogen (secondary N) is 1. The molecule has 2 aromatic rings. The first-order chi connectivity index (χ1) is 9.20. The predicted molar refractivity (Wildman–Crippen MR) is 71.1 cm³/mol. The molecule has 0 saturated heterocycles. The van der Waals surface area contributed by atoms with Crippen LogP contribution < -0.4 is 5.32 Å². The number of benzene rings is 1. The quantitative estimate of drug-likeness (QED) is 0.763. The van der Waals surface area contributed by atoms with Crippen molar-refractivity contribution in [3.63, 3.8) is 0 Å². The van der Waals surface area contributed by atoms with Crippen molar-refractivity contribution < 1.29 is 15.0 Å². The van der Waals surface area contributed by atoms with E-state index in [1.54, 1.807) is 6.07 Å². The zero-order chi connectivity index (χ0) is 13.7. The minimum atomic E-state index is -1.06. The summed E-state index contributed by atoms with van der Waals surface area (Å²) in [6.45, 7) is -0.0648. The molecule has 0 saturated carbocycles. The Hall–Kier alpha value is -2.40. The van der Waals surface area contributed by atoms with E-state index >= 15 is 0 Å². The Kier molecular flexibility index (Phi) is 4.10. The van der Waals surface area contributed by atoms with Crippen LogP contribution in [0, 0.1) is 0 Å². The Bertz CT molecular complexity index is 540. The number of carboxylic acids is 1. The van der Waals surface area contributed by atoms with E-state index in [9.17, 15) is 9.90 Å². The number of nitrogens with zero attached hydrogens (tertiary/aromatic N) is 1. The third-order valence-electron chi connectivity index (χ3n) is 2.71. The highest BCUT2D eigenvalue weighted by molar-refractivity contribution is 5.85. The molecule has 0 amide bonds. The minimum Gasteiger partial charge on any atom is -0.477 e. The van der Waals surface area contributed by atoms with Crippen molar-refractivity contribution in [1.82, 2.24) is 4.98 Å². The summed E-state index contributed by atoms with van der Waals surface area (Å²) in [7, 11) is 0. The molecule has 0 aliphatic heterocycles. The van der Waals surface area contributed by atoms with E-state index in [-0.39, 0.29) is 18.3 Å². The second-order valence-electron chi connectivity index (χ2n) is 4.03. The maximum Gasteiger partial charge on any atom is 0.354 e. The zero-order valence-electron chi connectivity index (χ0n) is 10.2. The lowest BCUT2D eigenvalue weighted by Crippen LogP contribution is -2.15. The van der Waals surface area contributed by atoms with Gasteiger partial charge in [0.25, 0.3) is 0 Å². The predicted octanol–water partition coefficient (Wildman–Crippen LogP) is 1.93. The number of carbonyl (C=O) groups is 1. The van der Waals surface area contributed by atoms with E-state index in [0.29, 0.717) is 5.69 Å². The highest BCUT2D eigenvalue weighted by Crippen LogP contribution is 2.18. The Morgan fingerprint density at radius 1 is 1.21 bits per heavy atom. The largest absolute Gasteiger partial charge is 0.477 e. The van der Waals surface area contributed by atoms with Gasteiger partial charge in [0.15, 0.2) is 0 Å². The molecule has 0 aliphatic rings. The molecule has 19 heavy (non-hydrogen) atoms. The van der Waals surface area contributed by atoms with Crippen LogP contribution in [0.5, 0.6) is 0 Å². The van der Waals surface area contributed by atoms with Crippen molar-refractivity contribution in [2.45, 2.75) is 6.04 Å². The molecule has 1 unspecified atom stereocenters. The number of anilines is 1. The fraction of sp³-hybridized carbons (Fsp3) is 0.143. The Balaban J connectivity index is 2.12. The van der Waals surface area contributed by atoms with Gasteiger partial charge >= 0.3 is 5.97 Å². The van der Waals surface area contributed by atoms with Gasteiger partial charge in [0, 0.05) is 0 Å². The fourth-order valence-corrected chi connectivity index (χ4v) is 1.73. The van der Waals surface area contributed by atoms with Crippen LogP contribution in [0.3, 0.4) is 0 Å². The number of hydrogen-bond donors (Lipinski definition) is 3. The first kappa shape index (κ1) is 13.0. The van der Waals surface area contributed by atoms with Crippen LogP contribution in [0.2, 0.25) is 0 Å². The van der Waals surface area contributed by atoms with E-state index in [0.717, 1.165) is 5.56 Å². The molecule has 98 valence electrons. The number of aliphatic hydroxyl groups excluding tert-OH is 1. The number of aromatic nitrogens is 1. The maximum absolute atomic E-state index is 10.7. The number of carboxylic acid groups (broad SMARTS) is 1. The zero-order valence-corrected chi connectivity index (χ0v) is 10.2. The smallest absolute Gasteiger partial charge is 0.354 e. The normalized spacial score (nSPS) is 11.8. The molecule has 0 bridgehead atoms. The summed E-state index contributed by atoms with van der Waals surface area (Å²) in [6.07, 6.45) is 1.44. The summed E-state index contributed by atoms with van der Waals surface area (Å²) in [5, 5.41) is 21.3. The Morgan fingerprint density at radius 2 is 1.95 bits per heavy atom. The van der Waals surface area contributed by atoms with Gasteiger partial charge in [0.05, 0.1) is 24.5 Å². The summed E-state index contributed by atoms with van der Waals surface area (Å²) < 4.78 is 0. The monoisotopic (exact) mass is 258 g/mol. The molecule has 0 spiro atoms. The summed E-state index contributed by atoms with van der Waals surface area (Å²) in [5.74, 6) is -1.06. The summed E-state index contributed by atoms with van der Waals surface area (Å²) >= 11 is 0. The van der Waals surface area contributed by atoms with Crippen molar-refractivity contribution in [2.24, 2.45) is 0 Å². The number of pyridine rings is 1. The number of rotatable bonds is 5. The molecule has 3 N–H and O–H groups in total. The average Bonchev–Trinajstić information content (AvgIpc) is 2.46. The number of aliphatic hydroxyl groups is 1. The minimum absolute atomic E-state index is 0.00851. The van der Waals surface area contributed by atoms with Crippen molar-refractivity contribution in [1.29, 1.82) is 0 Å². The van der Waals surface area contributed by atoms with Gasteiger partial charge in [-0.25, -0.2) is 9.78 Å². The third-order valence-corrected chi connectivity index (χ3v) is 2.71. The van der Waals surface area contributed by atoms with E-state index in [4.69, 9.17) is 5.11 Å². The fourth-order valence-electron chi connectivity index (χ4n) is 1.73. The second kappa shape index (κ2) is 5.97. The van der Waals surface area contributed by atoms with Gasteiger partial charge in [-0.1, -0.05) is 30.3 Å². The molecule has 5 nitrogen and oxygen atoms in total. The van der Waals surface area contributed by atoms with Gasteiger partial charge in [0.2, 0.25) is 0 Å². The van der Waals surface area contributed by atoms with Crippen LogP contribution >= 0.6 is 0 Å².